The van der Waals surface area contributed by atoms with Crippen molar-refractivity contribution < 1.29 is 9.53 Å². The second-order valence-corrected chi connectivity index (χ2v) is 5.11. The average Bonchev–Trinajstić information content (AvgIpc) is 2.46. The Balaban J connectivity index is 2.00. The summed E-state index contributed by atoms with van der Waals surface area (Å²) in [6.07, 6.45) is 2.50. The summed E-state index contributed by atoms with van der Waals surface area (Å²) in [4.78, 5) is 11.5. The molecule has 1 aliphatic heterocycles. The first kappa shape index (κ1) is 13.9. The van der Waals surface area contributed by atoms with Crippen molar-refractivity contribution in [2.24, 2.45) is 5.92 Å². The third-order valence-electron chi connectivity index (χ3n) is 3.64. The standard InChI is InChI=1S/C15H22N2O2/c1-11-5-6-13(15(18)19-2)8-14(11)17-10-12-4-3-7-16-9-12/h5-6,8,12,16-17H,3-4,7,9-10H2,1-2H3. The van der Waals surface area contributed by atoms with Gasteiger partial charge in [0.15, 0.2) is 0 Å². The molecule has 1 aromatic carbocycles. The van der Waals surface area contributed by atoms with Crippen LogP contribution in [0.3, 0.4) is 0 Å². The van der Waals surface area contributed by atoms with Crippen LogP contribution in [-0.2, 0) is 4.74 Å². The number of carbonyl (C=O) groups is 1. The predicted molar refractivity (Wildman–Crippen MR) is 76.6 cm³/mol. The van der Waals surface area contributed by atoms with Gasteiger partial charge in [0.1, 0.15) is 0 Å². The van der Waals surface area contributed by atoms with E-state index in [0.29, 0.717) is 11.5 Å². The van der Waals surface area contributed by atoms with Gasteiger partial charge in [-0.1, -0.05) is 6.07 Å². The van der Waals surface area contributed by atoms with Gasteiger partial charge >= 0.3 is 5.97 Å². The Morgan fingerprint density at radius 3 is 3.05 bits per heavy atom. The second kappa shape index (κ2) is 6.57. The minimum Gasteiger partial charge on any atom is -0.465 e. The molecule has 1 fully saturated rings. The van der Waals surface area contributed by atoms with Crippen molar-refractivity contribution in [1.82, 2.24) is 5.32 Å². The van der Waals surface area contributed by atoms with E-state index >= 15 is 0 Å². The summed E-state index contributed by atoms with van der Waals surface area (Å²) in [5.74, 6) is 0.373. The number of esters is 1. The van der Waals surface area contributed by atoms with E-state index in [0.717, 1.165) is 30.9 Å². The van der Waals surface area contributed by atoms with Gasteiger partial charge < -0.3 is 15.4 Å². The fourth-order valence-corrected chi connectivity index (χ4v) is 2.41. The molecule has 1 heterocycles. The molecule has 104 valence electrons. The van der Waals surface area contributed by atoms with Gasteiger partial charge in [0.05, 0.1) is 12.7 Å². The van der Waals surface area contributed by atoms with Gasteiger partial charge in [-0.3, -0.25) is 0 Å². The molecule has 1 atom stereocenters. The number of rotatable bonds is 4. The van der Waals surface area contributed by atoms with E-state index in [2.05, 4.69) is 10.6 Å². The normalized spacial score (nSPS) is 18.9. The highest BCUT2D eigenvalue weighted by molar-refractivity contribution is 5.90. The van der Waals surface area contributed by atoms with Crippen LogP contribution in [0.4, 0.5) is 5.69 Å². The summed E-state index contributed by atoms with van der Waals surface area (Å²) >= 11 is 0. The van der Waals surface area contributed by atoms with E-state index in [1.165, 1.54) is 20.0 Å². The maximum atomic E-state index is 11.5. The van der Waals surface area contributed by atoms with Crippen LogP contribution in [0.2, 0.25) is 0 Å². The maximum absolute atomic E-state index is 11.5. The van der Waals surface area contributed by atoms with Crippen LogP contribution in [0.15, 0.2) is 18.2 Å². The van der Waals surface area contributed by atoms with Gasteiger partial charge in [-0.2, -0.15) is 0 Å². The number of hydrogen-bond donors (Lipinski definition) is 2. The lowest BCUT2D eigenvalue weighted by Crippen LogP contribution is -2.33. The van der Waals surface area contributed by atoms with Crippen LogP contribution in [0.5, 0.6) is 0 Å². The van der Waals surface area contributed by atoms with E-state index in [9.17, 15) is 4.79 Å². The molecule has 0 aromatic heterocycles. The number of nitrogens with one attached hydrogen (secondary N) is 2. The molecule has 0 amide bonds. The summed E-state index contributed by atoms with van der Waals surface area (Å²) in [6, 6.07) is 5.62. The molecule has 0 radical (unpaired) electrons. The monoisotopic (exact) mass is 262 g/mol. The van der Waals surface area contributed by atoms with Gasteiger partial charge in [-0.15, -0.1) is 0 Å². The van der Waals surface area contributed by atoms with Crippen LogP contribution >= 0.6 is 0 Å². The molecule has 0 bridgehead atoms. The fraction of sp³-hybridized carbons (Fsp3) is 0.533. The molecule has 1 saturated heterocycles. The van der Waals surface area contributed by atoms with Crippen molar-refractivity contribution in [2.75, 3.05) is 32.1 Å². The molecular weight excluding hydrogens is 240 g/mol. The largest absolute Gasteiger partial charge is 0.465 e. The number of hydrogen-bond acceptors (Lipinski definition) is 4. The smallest absolute Gasteiger partial charge is 0.337 e. The summed E-state index contributed by atoms with van der Waals surface area (Å²) in [5, 5.41) is 6.86. The van der Waals surface area contributed by atoms with Crippen LogP contribution in [-0.4, -0.2) is 32.7 Å². The molecule has 0 spiro atoms. The van der Waals surface area contributed by atoms with Gasteiger partial charge in [-0.05, 0) is 56.5 Å². The number of benzene rings is 1. The van der Waals surface area contributed by atoms with Crippen LogP contribution in [0.25, 0.3) is 0 Å². The Hall–Kier alpha value is -1.55. The van der Waals surface area contributed by atoms with E-state index in [1.807, 2.05) is 19.1 Å². The molecule has 19 heavy (non-hydrogen) atoms. The first-order chi connectivity index (χ1) is 9.20. The quantitative estimate of drug-likeness (QED) is 0.817. The van der Waals surface area contributed by atoms with Gasteiger partial charge in [-0.25, -0.2) is 4.79 Å². The SMILES string of the molecule is COC(=O)c1ccc(C)c(NCC2CCCNC2)c1. The number of piperidine rings is 1. The van der Waals surface area contributed by atoms with Crippen molar-refractivity contribution in [1.29, 1.82) is 0 Å². The Morgan fingerprint density at radius 2 is 2.37 bits per heavy atom. The number of carbonyl (C=O) groups excluding carboxylic acids is 1. The Kier molecular flexibility index (Phi) is 4.80. The van der Waals surface area contributed by atoms with Gasteiger partial charge in [0.2, 0.25) is 0 Å². The summed E-state index contributed by atoms with van der Waals surface area (Å²) < 4.78 is 4.75. The van der Waals surface area contributed by atoms with Crippen molar-refractivity contribution in [3.8, 4) is 0 Å². The Bertz CT molecular complexity index is 440. The minimum absolute atomic E-state index is 0.289. The zero-order chi connectivity index (χ0) is 13.7. The molecular formula is C15H22N2O2. The summed E-state index contributed by atoms with van der Waals surface area (Å²) in [5.41, 5.74) is 2.77. The maximum Gasteiger partial charge on any atom is 0.337 e. The zero-order valence-corrected chi connectivity index (χ0v) is 11.7. The predicted octanol–water partition coefficient (Wildman–Crippen LogP) is 2.19. The highest BCUT2D eigenvalue weighted by Gasteiger charge is 2.13. The van der Waals surface area contributed by atoms with Crippen molar-refractivity contribution in [2.45, 2.75) is 19.8 Å². The topological polar surface area (TPSA) is 50.4 Å². The highest BCUT2D eigenvalue weighted by Crippen LogP contribution is 2.19. The highest BCUT2D eigenvalue weighted by atomic mass is 16.5. The molecule has 1 unspecified atom stereocenters. The van der Waals surface area contributed by atoms with Crippen LogP contribution < -0.4 is 10.6 Å². The van der Waals surface area contributed by atoms with Gasteiger partial charge in [0.25, 0.3) is 0 Å². The summed E-state index contributed by atoms with van der Waals surface area (Å²) in [7, 11) is 1.41. The number of ether oxygens (including phenoxy) is 1. The average molecular weight is 262 g/mol. The minimum atomic E-state index is -0.289. The molecule has 2 rings (SSSR count). The first-order valence-electron chi connectivity index (χ1n) is 6.84. The molecule has 0 aliphatic carbocycles. The Labute approximate surface area is 114 Å². The van der Waals surface area contributed by atoms with E-state index in [-0.39, 0.29) is 5.97 Å². The van der Waals surface area contributed by atoms with E-state index in [4.69, 9.17) is 4.74 Å². The Morgan fingerprint density at radius 1 is 1.53 bits per heavy atom. The molecule has 4 heteroatoms. The van der Waals surface area contributed by atoms with Crippen molar-refractivity contribution in [3.05, 3.63) is 29.3 Å². The third-order valence-corrected chi connectivity index (χ3v) is 3.64. The van der Waals surface area contributed by atoms with E-state index in [1.54, 1.807) is 6.07 Å². The number of anilines is 1. The third kappa shape index (κ3) is 3.70. The van der Waals surface area contributed by atoms with Gasteiger partial charge in [0, 0.05) is 12.2 Å². The lowest BCUT2D eigenvalue weighted by Gasteiger charge is -2.24. The summed E-state index contributed by atoms with van der Waals surface area (Å²) in [6.45, 7) is 5.19. The lowest BCUT2D eigenvalue weighted by atomic mass is 9.99. The first-order valence-corrected chi connectivity index (χ1v) is 6.84. The van der Waals surface area contributed by atoms with Crippen LogP contribution in [0.1, 0.15) is 28.8 Å². The molecule has 2 N–H and O–H groups in total. The van der Waals surface area contributed by atoms with Crippen LogP contribution in [0, 0.1) is 12.8 Å². The molecule has 0 saturated carbocycles. The molecule has 1 aliphatic rings. The molecule has 4 nitrogen and oxygen atoms in total. The number of aryl methyl sites for hydroxylation is 1. The number of methoxy groups -OCH3 is 1. The van der Waals surface area contributed by atoms with Crippen molar-refractivity contribution >= 4 is 11.7 Å². The molecule has 1 aromatic rings. The van der Waals surface area contributed by atoms with Crippen molar-refractivity contribution in [3.63, 3.8) is 0 Å². The van der Waals surface area contributed by atoms with E-state index < -0.39 is 0 Å². The second-order valence-electron chi connectivity index (χ2n) is 5.11. The fourth-order valence-electron chi connectivity index (χ4n) is 2.41. The zero-order valence-electron chi connectivity index (χ0n) is 11.7. The lowest BCUT2D eigenvalue weighted by molar-refractivity contribution is 0.0601.